The van der Waals surface area contributed by atoms with E-state index < -0.39 is 0 Å². The molecule has 0 bridgehead atoms. The van der Waals surface area contributed by atoms with Crippen LogP contribution in [0.5, 0.6) is 5.75 Å². The summed E-state index contributed by atoms with van der Waals surface area (Å²) in [5.41, 5.74) is 4.96. The van der Waals surface area contributed by atoms with Gasteiger partial charge in [0.05, 0.1) is 13.7 Å². The monoisotopic (exact) mass is 466 g/mol. The molecule has 1 amide bonds. The molecule has 0 unspecified atom stereocenters. The molecule has 0 atom stereocenters. The zero-order chi connectivity index (χ0) is 24.0. The van der Waals surface area contributed by atoms with Gasteiger partial charge in [-0.15, -0.1) is 0 Å². The maximum atomic E-state index is 13.2. The average Bonchev–Trinajstić information content (AvgIpc) is 3.37. The van der Waals surface area contributed by atoms with Crippen molar-refractivity contribution in [2.24, 2.45) is 0 Å². The van der Waals surface area contributed by atoms with Gasteiger partial charge in [0.1, 0.15) is 11.5 Å². The zero-order valence-electron chi connectivity index (χ0n) is 20.0. The van der Waals surface area contributed by atoms with Gasteiger partial charge in [-0.3, -0.25) is 9.69 Å². The molecule has 0 aliphatic carbocycles. The van der Waals surface area contributed by atoms with Crippen LogP contribution in [-0.2, 0) is 32.6 Å². The average molecular weight is 467 g/mol. The molecule has 0 fully saturated rings. The summed E-state index contributed by atoms with van der Waals surface area (Å²) in [6.07, 6.45) is 0.877. The minimum atomic E-state index is -0.0458. The van der Waals surface area contributed by atoms with Crippen molar-refractivity contribution in [2.75, 3.05) is 13.7 Å². The van der Waals surface area contributed by atoms with Crippen molar-refractivity contribution in [3.8, 4) is 5.75 Å². The van der Waals surface area contributed by atoms with E-state index in [2.05, 4.69) is 59.5 Å². The van der Waals surface area contributed by atoms with Crippen LogP contribution in [0.25, 0.3) is 0 Å². The lowest BCUT2D eigenvalue weighted by Gasteiger charge is -2.28. The lowest BCUT2D eigenvalue weighted by molar-refractivity contribution is 0.0698. The molecule has 5 rings (SSSR count). The quantitative estimate of drug-likeness (QED) is 0.335. The fraction of sp³-hybridized carbons (Fsp3) is 0.233. The van der Waals surface area contributed by atoms with E-state index >= 15 is 0 Å². The number of fused-ring (bicyclic) bond motifs is 1. The van der Waals surface area contributed by atoms with Gasteiger partial charge in [-0.05, 0) is 52.9 Å². The van der Waals surface area contributed by atoms with Crippen LogP contribution in [0, 0.1) is 0 Å². The number of hydrogen-bond acceptors (Lipinski definition) is 4. The molecular weight excluding hydrogens is 436 g/mol. The van der Waals surface area contributed by atoms with Crippen LogP contribution in [0.3, 0.4) is 0 Å². The van der Waals surface area contributed by atoms with E-state index in [1.54, 1.807) is 7.11 Å². The Morgan fingerprint density at radius 1 is 0.829 bits per heavy atom. The van der Waals surface area contributed by atoms with Crippen molar-refractivity contribution in [3.05, 3.63) is 125 Å². The second kappa shape index (κ2) is 10.6. The Kier molecular flexibility index (Phi) is 6.96. The maximum Gasteiger partial charge on any atom is 0.289 e. The van der Waals surface area contributed by atoms with Crippen molar-refractivity contribution in [3.63, 3.8) is 0 Å². The van der Waals surface area contributed by atoms with Gasteiger partial charge in [0.15, 0.2) is 5.76 Å². The second-order valence-corrected chi connectivity index (χ2v) is 8.99. The lowest BCUT2D eigenvalue weighted by atomic mass is 10.00. The van der Waals surface area contributed by atoms with Crippen LogP contribution < -0.4 is 4.74 Å². The summed E-state index contributed by atoms with van der Waals surface area (Å²) in [7, 11) is 1.68. The number of rotatable bonds is 8. The van der Waals surface area contributed by atoms with Gasteiger partial charge in [-0.1, -0.05) is 66.7 Å². The number of hydrogen-bond donors (Lipinski definition) is 0. The van der Waals surface area contributed by atoms with Crippen molar-refractivity contribution in [1.29, 1.82) is 0 Å². The molecule has 0 saturated carbocycles. The number of furan rings is 1. The maximum absolute atomic E-state index is 13.2. The molecule has 2 heterocycles. The van der Waals surface area contributed by atoms with Gasteiger partial charge in [-0.25, -0.2) is 0 Å². The smallest absolute Gasteiger partial charge is 0.289 e. The van der Waals surface area contributed by atoms with E-state index in [1.807, 2.05) is 41.3 Å². The molecule has 35 heavy (non-hydrogen) atoms. The number of ether oxygens (including phenoxy) is 1. The molecule has 0 spiro atoms. The number of amides is 1. The first-order valence-corrected chi connectivity index (χ1v) is 12.0. The third-order valence-corrected chi connectivity index (χ3v) is 6.48. The van der Waals surface area contributed by atoms with Crippen LogP contribution in [0.2, 0.25) is 0 Å². The van der Waals surface area contributed by atoms with Crippen LogP contribution in [0.15, 0.2) is 95.4 Å². The summed E-state index contributed by atoms with van der Waals surface area (Å²) in [6, 6.07) is 30.6. The fourth-order valence-corrected chi connectivity index (χ4v) is 4.62. The largest absolute Gasteiger partial charge is 0.497 e. The van der Waals surface area contributed by atoms with Gasteiger partial charge in [0, 0.05) is 26.2 Å². The Bertz CT molecular complexity index is 1260. The molecular formula is C30H30N2O3. The number of benzene rings is 3. The zero-order valence-corrected chi connectivity index (χ0v) is 20.0. The Labute approximate surface area is 206 Å². The first kappa shape index (κ1) is 22.9. The SMILES string of the molecule is COc1ccc(CN(Cc2ccccc2)Cc2ccc(C(=O)N3CCc4ccccc4C3)o2)cc1. The van der Waals surface area contributed by atoms with E-state index in [1.165, 1.54) is 22.3 Å². The van der Waals surface area contributed by atoms with E-state index in [4.69, 9.17) is 9.15 Å². The third kappa shape index (κ3) is 5.64. The van der Waals surface area contributed by atoms with Crippen molar-refractivity contribution in [2.45, 2.75) is 32.6 Å². The predicted octanol–water partition coefficient (Wildman–Crippen LogP) is 5.69. The molecule has 0 radical (unpaired) electrons. The Balaban J connectivity index is 1.29. The van der Waals surface area contributed by atoms with Gasteiger partial charge in [0.2, 0.25) is 0 Å². The van der Waals surface area contributed by atoms with Gasteiger partial charge in [0.25, 0.3) is 5.91 Å². The molecule has 1 aliphatic heterocycles. The minimum absolute atomic E-state index is 0.0458. The van der Waals surface area contributed by atoms with Crippen molar-refractivity contribution < 1.29 is 13.9 Å². The molecule has 4 aromatic rings. The number of methoxy groups -OCH3 is 1. The summed E-state index contributed by atoms with van der Waals surface area (Å²) >= 11 is 0. The number of nitrogens with zero attached hydrogens (tertiary/aromatic N) is 2. The summed E-state index contributed by atoms with van der Waals surface area (Å²) in [6.45, 7) is 3.48. The minimum Gasteiger partial charge on any atom is -0.497 e. The normalized spacial score (nSPS) is 13.0. The van der Waals surface area contributed by atoms with Crippen LogP contribution in [0.1, 0.15) is 38.6 Å². The van der Waals surface area contributed by atoms with E-state index in [0.717, 1.165) is 31.0 Å². The molecule has 1 aromatic heterocycles. The van der Waals surface area contributed by atoms with E-state index in [9.17, 15) is 4.79 Å². The standard InChI is InChI=1S/C30H30N2O3/c1-34-27-13-11-24(12-14-27)20-31(19-23-7-3-2-4-8-23)22-28-15-16-29(35-28)30(33)32-18-17-25-9-5-6-10-26(25)21-32/h2-16H,17-22H2,1H3. The molecule has 1 aliphatic rings. The highest BCUT2D eigenvalue weighted by Crippen LogP contribution is 2.22. The summed E-state index contributed by atoms with van der Waals surface area (Å²) in [5.74, 6) is 1.99. The highest BCUT2D eigenvalue weighted by Gasteiger charge is 2.24. The third-order valence-electron chi connectivity index (χ3n) is 6.48. The predicted molar refractivity (Wildman–Crippen MR) is 136 cm³/mol. The van der Waals surface area contributed by atoms with Crippen LogP contribution in [0.4, 0.5) is 0 Å². The molecule has 5 heteroatoms. The fourth-order valence-electron chi connectivity index (χ4n) is 4.62. The molecule has 178 valence electrons. The van der Waals surface area contributed by atoms with Gasteiger partial charge >= 0.3 is 0 Å². The first-order valence-electron chi connectivity index (χ1n) is 12.0. The molecule has 0 saturated heterocycles. The Morgan fingerprint density at radius 3 is 2.26 bits per heavy atom. The van der Waals surface area contributed by atoms with E-state index in [-0.39, 0.29) is 5.91 Å². The topological polar surface area (TPSA) is 45.9 Å². The number of carbonyl (C=O) groups excluding carboxylic acids is 1. The van der Waals surface area contributed by atoms with Crippen molar-refractivity contribution in [1.82, 2.24) is 9.80 Å². The second-order valence-electron chi connectivity index (χ2n) is 8.99. The van der Waals surface area contributed by atoms with Gasteiger partial charge in [-0.2, -0.15) is 0 Å². The lowest BCUT2D eigenvalue weighted by Crippen LogP contribution is -2.35. The highest BCUT2D eigenvalue weighted by atomic mass is 16.5. The summed E-state index contributed by atoms with van der Waals surface area (Å²) in [5, 5.41) is 0. The highest BCUT2D eigenvalue weighted by molar-refractivity contribution is 5.91. The van der Waals surface area contributed by atoms with Crippen LogP contribution in [-0.4, -0.2) is 29.4 Å². The number of carbonyl (C=O) groups is 1. The molecule has 5 nitrogen and oxygen atoms in total. The van der Waals surface area contributed by atoms with E-state index in [0.29, 0.717) is 25.4 Å². The molecule has 3 aromatic carbocycles. The Hall–Kier alpha value is -3.83. The Morgan fingerprint density at radius 2 is 1.51 bits per heavy atom. The summed E-state index contributed by atoms with van der Waals surface area (Å²) in [4.78, 5) is 17.4. The van der Waals surface area contributed by atoms with Crippen LogP contribution >= 0.6 is 0 Å². The first-order chi connectivity index (χ1) is 17.2. The van der Waals surface area contributed by atoms with Gasteiger partial charge < -0.3 is 14.1 Å². The van der Waals surface area contributed by atoms with Crippen molar-refractivity contribution >= 4 is 5.91 Å². The summed E-state index contributed by atoms with van der Waals surface area (Å²) < 4.78 is 11.4. The molecule has 0 N–H and O–H groups in total.